The summed E-state index contributed by atoms with van der Waals surface area (Å²) in [5.74, 6) is 0.706. The molecule has 0 spiro atoms. The second kappa shape index (κ2) is 8.79. The van der Waals surface area contributed by atoms with Crippen LogP contribution in [0.3, 0.4) is 0 Å². The van der Waals surface area contributed by atoms with E-state index in [9.17, 15) is 9.90 Å². The van der Waals surface area contributed by atoms with E-state index < -0.39 is 5.97 Å². The second-order valence-corrected chi connectivity index (χ2v) is 8.91. The molecule has 4 rings (SSSR count). The third-order valence-corrected chi connectivity index (χ3v) is 7.06. The van der Waals surface area contributed by atoms with Crippen LogP contribution in [0.15, 0.2) is 36.4 Å². The van der Waals surface area contributed by atoms with Gasteiger partial charge in [-0.25, -0.2) is 4.79 Å². The minimum Gasteiger partial charge on any atom is -0.478 e. The Morgan fingerprint density at radius 1 is 1.11 bits per heavy atom. The number of benzene rings is 1. The highest BCUT2D eigenvalue weighted by Crippen LogP contribution is 2.46. The Morgan fingerprint density at radius 2 is 1.82 bits per heavy atom. The van der Waals surface area contributed by atoms with Gasteiger partial charge in [0.25, 0.3) is 0 Å². The number of aromatic carboxylic acids is 1. The van der Waals surface area contributed by atoms with Crippen LogP contribution in [-0.2, 0) is 11.2 Å². The van der Waals surface area contributed by atoms with Crippen molar-refractivity contribution in [1.29, 1.82) is 0 Å². The molecule has 3 fully saturated rings. The fourth-order valence-corrected chi connectivity index (χ4v) is 5.53. The lowest BCUT2D eigenvalue weighted by atomic mass is 9.76. The van der Waals surface area contributed by atoms with Crippen LogP contribution >= 0.6 is 0 Å². The van der Waals surface area contributed by atoms with Gasteiger partial charge in [-0.05, 0) is 61.6 Å². The van der Waals surface area contributed by atoms with E-state index in [1.165, 1.54) is 31.2 Å². The van der Waals surface area contributed by atoms with Gasteiger partial charge in [-0.2, -0.15) is 0 Å². The quantitative estimate of drug-likeness (QED) is 0.643. The summed E-state index contributed by atoms with van der Waals surface area (Å²) in [5, 5.41) is 19.5. The number of hydrogen-bond acceptors (Lipinski definition) is 3. The van der Waals surface area contributed by atoms with Crippen LogP contribution in [0.25, 0.3) is 0 Å². The summed E-state index contributed by atoms with van der Waals surface area (Å²) in [6.07, 6.45) is 14.9. The van der Waals surface area contributed by atoms with E-state index in [1.807, 2.05) is 18.2 Å². The van der Waals surface area contributed by atoms with Gasteiger partial charge >= 0.3 is 5.97 Å². The minimum absolute atomic E-state index is 0.305. The van der Waals surface area contributed by atoms with Gasteiger partial charge in [0.2, 0.25) is 0 Å². The molecule has 1 saturated carbocycles. The van der Waals surface area contributed by atoms with Crippen molar-refractivity contribution in [2.24, 2.45) is 17.8 Å². The molecule has 3 aliphatic rings. The normalized spacial score (nSPS) is 31.0. The van der Waals surface area contributed by atoms with Crippen molar-refractivity contribution in [2.75, 3.05) is 0 Å². The minimum atomic E-state index is -0.880. The average molecular weight is 385 g/mol. The molecule has 2 heterocycles. The number of hydrogen-bond donors (Lipinski definition) is 2. The molecular weight excluding hydrogens is 352 g/mol. The Balaban J connectivity index is 1.34. The number of carboxylic acid groups (broad SMARTS) is 1. The molecule has 1 aromatic carbocycles. The van der Waals surface area contributed by atoms with Crippen molar-refractivity contribution < 1.29 is 19.7 Å². The molecule has 1 aromatic rings. The number of rotatable bonds is 8. The number of ether oxygens (including phenoxy) is 1. The first-order valence-corrected chi connectivity index (χ1v) is 10.9. The Hall–Kier alpha value is -1.65. The van der Waals surface area contributed by atoms with Crippen molar-refractivity contribution in [3.63, 3.8) is 0 Å². The molecule has 28 heavy (non-hydrogen) atoms. The Morgan fingerprint density at radius 3 is 2.54 bits per heavy atom. The Kier molecular flexibility index (Phi) is 6.17. The molecular formula is C24H32O4. The molecule has 2 bridgehead atoms. The smallest absolute Gasteiger partial charge is 0.335 e. The van der Waals surface area contributed by atoms with Crippen LogP contribution in [0.2, 0.25) is 0 Å². The molecule has 0 aromatic heterocycles. The maximum absolute atomic E-state index is 11.0. The van der Waals surface area contributed by atoms with Crippen LogP contribution in [0.1, 0.15) is 67.3 Å². The highest BCUT2D eigenvalue weighted by atomic mass is 16.5. The fraction of sp³-hybridized carbons (Fsp3) is 0.625. The summed E-state index contributed by atoms with van der Waals surface area (Å²) in [7, 11) is 0. The van der Waals surface area contributed by atoms with Gasteiger partial charge in [0.05, 0.1) is 23.9 Å². The fourth-order valence-electron chi connectivity index (χ4n) is 5.53. The van der Waals surface area contributed by atoms with Gasteiger partial charge in [0.15, 0.2) is 0 Å². The monoisotopic (exact) mass is 384 g/mol. The zero-order valence-electron chi connectivity index (χ0n) is 16.5. The van der Waals surface area contributed by atoms with Gasteiger partial charge < -0.3 is 14.9 Å². The SMILES string of the molecule is O=C(O)c1ccc(CC[C@H]2[C@H](/C=C/C(O)CC3CCCC3)[C@@H]3CC[C@H]2O3)cc1. The highest BCUT2D eigenvalue weighted by molar-refractivity contribution is 5.87. The Bertz CT molecular complexity index is 689. The van der Waals surface area contributed by atoms with E-state index in [2.05, 4.69) is 6.08 Å². The van der Waals surface area contributed by atoms with Gasteiger partial charge in [0.1, 0.15) is 0 Å². The molecule has 2 N–H and O–H groups in total. The third-order valence-electron chi connectivity index (χ3n) is 7.06. The third kappa shape index (κ3) is 4.49. The zero-order valence-corrected chi connectivity index (χ0v) is 16.5. The lowest BCUT2D eigenvalue weighted by Gasteiger charge is -2.26. The number of aliphatic hydroxyl groups excluding tert-OH is 1. The molecule has 4 heteroatoms. The van der Waals surface area contributed by atoms with E-state index in [-0.39, 0.29) is 6.10 Å². The van der Waals surface area contributed by atoms with Crippen LogP contribution in [-0.4, -0.2) is 34.5 Å². The van der Waals surface area contributed by atoms with Crippen molar-refractivity contribution >= 4 is 5.97 Å². The predicted molar refractivity (Wildman–Crippen MR) is 108 cm³/mol. The van der Waals surface area contributed by atoms with Gasteiger partial charge in [0, 0.05) is 5.92 Å². The van der Waals surface area contributed by atoms with E-state index in [0.29, 0.717) is 35.5 Å². The zero-order chi connectivity index (χ0) is 19.5. The summed E-state index contributed by atoms with van der Waals surface area (Å²) < 4.78 is 6.19. The molecule has 1 aliphatic carbocycles. The van der Waals surface area contributed by atoms with E-state index in [1.54, 1.807) is 12.1 Å². The molecule has 152 valence electrons. The lowest BCUT2D eigenvalue weighted by Crippen LogP contribution is -2.26. The maximum atomic E-state index is 11.0. The number of fused-ring (bicyclic) bond motifs is 2. The standard InChI is InChI=1S/C24H32O4/c25-19(15-17-3-1-2-4-17)10-12-21-20(22-13-14-23(21)28-22)11-7-16-5-8-18(9-6-16)24(26)27/h5-6,8-10,12,17,19-23,25H,1-4,7,11,13-15H2,(H,26,27)/b12-10+/t19?,20-,21-,22+,23-/m0/s1. The summed E-state index contributed by atoms with van der Waals surface area (Å²) in [6.45, 7) is 0. The number of aliphatic hydroxyl groups is 1. The highest BCUT2D eigenvalue weighted by Gasteiger charge is 2.47. The first kappa shape index (κ1) is 19.7. The van der Waals surface area contributed by atoms with Gasteiger partial charge in [-0.1, -0.05) is 50.0 Å². The first-order chi connectivity index (χ1) is 13.6. The van der Waals surface area contributed by atoms with Crippen LogP contribution in [0, 0.1) is 17.8 Å². The molecule has 1 unspecified atom stereocenters. The number of carboxylic acids is 1. The molecule has 5 atom stereocenters. The average Bonchev–Trinajstić information content (AvgIpc) is 3.43. The second-order valence-electron chi connectivity index (χ2n) is 8.91. The van der Waals surface area contributed by atoms with Gasteiger partial charge in [-0.3, -0.25) is 0 Å². The van der Waals surface area contributed by atoms with E-state index in [4.69, 9.17) is 9.84 Å². The van der Waals surface area contributed by atoms with Gasteiger partial charge in [-0.15, -0.1) is 0 Å². The van der Waals surface area contributed by atoms with Crippen molar-refractivity contribution in [1.82, 2.24) is 0 Å². The summed E-state index contributed by atoms with van der Waals surface area (Å²) in [6, 6.07) is 7.22. The number of carbonyl (C=O) groups is 1. The molecule has 0 radical (unpaired) electrons. The predicted octanol–water partition coefficient (Wildman–Crippen LogP) is 4.61. The summed E-state index contributed by atoms with van der Waals surface area (Å²) >= 11 is 0. The topological polar surface area (TPSA) is 66.8 Å². The molecule has 4 nitrogen and oxygen atoms in total. The molecule has 2 saturated heterocycles. The van der Waals surface area contributed by atoms with Crippen molar-refractivity contribution in [2.45, 2.75) is 76.1 Å². The van der Waals surface area contributed by atoms with Crippen molar-refractivity contribution in [3.05, 3.63) is 47.5 Å². The summed E-state index contributed by atoms with van der Waals surface area (Å²) in [5.41, 5.74) is 1.51. The molecule has 0 amide bonds. The maximum Gasteiger partial charge on any atom is 0.335 e. The van der Waals surface area contributed by atoms with Crippen molar-refractivity contribution in [3.8, 4) is 0 Å². The molecule has 2 aliphatic heterocycles. The largest absolute Gasteiger partial charge is 0.478 e. The summed E-state index contributed by atoms with van der Waals surface area (Å²) in [4.78, 5) is 11.0. The van der Waals surface area contributed by atoms with E-state index in [0.717, 1.165) is 32.1 Å². The number of aryl methyl sites for hydroxylation is 1. The van der Waals surface area contributed by atoms with Crippen LogP contribution in [0.4, 0.5) is 0 Å². The van der Waals surface area contributed by atoms with Crippen LogP contribution in [0.5, 0.6) is 0 Å². The Labute approximate surface area is 167 Å². The lowest BCUT2D eigenvalue weighted by molar-refractivity contribution is 0.0697. The van der Waals surface area contributed by atoms with E-state index >= 15 is 0 Å². The first-order valence-electron chi connectivity index (χ1n) is 10.9. The van der Waals surface area contributed by atoms with Crippen LogP contribution < -0.4 is 0 Å².